The average molecular weight is 288 g/mol. The molecule has 2 rings (SSSR count). The molecule has 1 aliphatic heterocycles. The molecule has 0 aliphatic carbocycles. The number of nitrogens with one attached hydrogen (secondary N) is 1. The van der Waals surface area contributed by atoms with Gasteiger partial charge in [0.25, 0.3) is 5.91 Å². The Bertz CT molecular complexity index is 546. The van der Waals surface area contributed by atoms with Gasteiger partial charge in [-0.25, -0.2) is 0 Å². The molecule has 2 amide bonds. The van der Waals surface area contributed by atoms with E-state index >= 15 is 0 Å². The van der Waals surface area contributed by atoms with Gasteiger partial charge < -0.3 is 5.32 Å². The zero-order chi connectivity index (χ0) is 15.6. The summed E-state index contributed by atoms with van der Waals surface area (Å²) >= 11 is 0. The monoisotopic (exact) mass is 288 g/mol. The van der Waals surface area contributed by atoms with E-state index < -0.39 is 0 Å². The lowest BCUT2D eigenvalue weighted by atomic mass is 9.85. The normalized spacial score (nSPS) is 16.9. The minimum atomic E-state index is -0.172. The highest BCUT2D eigenvalue weighted by Crippen LogP contribution is 2.24. The zero-order valence-electron chi connectivity index (χ0n) is 13.3. The van der Waals surface area contributed by atoms with Crippen LogP contribution in [0.5, 0.6) is 0 Å². The van der Waals surface area contributed by atoms with Crippen molar-refractivity contribution in [2.75, 3.05) is 13.1 Å². The van der Waals surface area contributed by atoms with E-state index in [9.17, 15) is 9.59 Å². The molecule has 0 fully saturated rings. The van der Waals surface area contributed by atoms with Crippen LogP contribution in [0.2, 0.25) is 0 Å². The van der Waals surface area contributed by atoms with Crippen LogP contribution in [0.3, 0.4) is 0 Å². The van der Waals surface area contributed by atoms with Gasteiger partial charge in [0.2, 0.25) is 5.91 Å². The van der Waals surface area contributed by atoms with Gasteiger partial charge in [-0.3, -0.25) is 14.5 Å². The molecule has 0 bridgehead atoms. The predicted octanol–water partition coefficient (Wildman–Crippen LogP) is 2.24. The molecule has 1 aromatic carbocycles. The smallest absolute Gasteiger partial charge is 0.260 e. The Morgan fingerprint density at radius 2 is 1.90 bits per heavy atom. The van der Waals surface area contributed by atoms with Gasteiger partial charge in [0.05, 0.1) is 6.42 Å². The number of nitrogens with zero attached hydrogens (tertiary/aromatic N) is 1. The van der Waals surface area contributed by atoms with E-state index in [0.717, 1.165) is 12.1 Å². The van der Waals surface area contributed by atoms with E-state index in [1.54, 1.807) is 6.07 Å². The van der Waals surface area contributed by atoms with E-state index in [4.69, 9.17) is 0 Å². The first-order valence-electron chi connectivity index (χ1n) is 7.50. The van der Waals surface area contributed by atoms with Crippen LogP contribution in [0.15, 0.2) is 24.3 Å². The molecule has 1 unspecified atom stereocenters. The summed E-state index contributed by atoms with van der Waals surface area (Å²) in [6.45, 7) is 9.62. The van der Waals surface area contributed by atoms with Crippen molar-refractivity contribution in [3.05, 3.63) is 35.4 Å². The molecule has 0 aromatic heterocycles. The fourth-order valence-electron chi connectivity index (χ4n) is 2.66. The van der Waals surface area contributed by atoms with Crippen molar-refractivity contribution < 1.29 is 9.59 Å². The molecule has 0 radical (unpaired) electrons. The summed E-state index contributed by atoms with van der Waals surface area (Å²) < 4.78 is 0. The second-order valence-electron chi connectivity index (χ2n) is 6.62. The lowest BCUT2D eigenvalue weighted by molar-refractivity contribution is -0.129. The van der Waals surface area contributed by atoms with Crippen molar-refractivity contribution in [3.63, 3.8) is 0 Å². The summed E-state index contributed by atoms with van der Waals surface area (Å²) in [6.07, 6.45) is 0.310. The molecular formula is C17H24N2O2. The Hall–Kier alpha value is -1.68. The Kier molecular flexibility index (Phi) is 4.47. The molecule has 0 spiro atoms. The molecule has 0 saturated carbocycles. The third-order valence-electron chi connectivity index (χ3n) is 4.00. The van der Waals surface area contributed by atoms with Crippen LogP contribution in [0.25, 0.3) is 0 Å². The molecule has 114 valence electrons. The number of carbonyl (C=O) groups excluding carboxylic acids is 2. The van der Waals surface area contributed by atoms with Gasteiger partial charge in [-0.05, 0) is 23.6 Å². The van der Waals surface area contributed by atoms with E-state index in [0.29, 0.717) is 18.5 Å². The number of likely N-dealkylation sites (N-methyl/N-ethyl adjacent to an activating group) is 1. The maximum absolute atomic E-state index is 12.6. The summed E-state index contributed by atoms with van der Waals surface area (Å²) in [6, 6.07) is 7.45. The summed E-state index contributed by atoms with van der Waals surface area (Å²) in [4.78, 5) is 26.3. The van der Waals surface area contributed by atoms with E-state index in [-0.39, 0.29) is 23.3 Å². The SMILES string of the molecule is CCNC(CN1C(=O)Cc2ccccc2C1=O)C(C)(C)C. The maximum atomic E-state index is 12.6. The standard InChI is InChI=1S/C17H24N2O2/c1-5-18-14(17(2,3)4)11-19-15(20)10-12-8-6-7-9-13(12)16(19)21/h6-9,14,18H,5,10-11H2,1-4H3. The highest BCUT2D eigenvalue weighted by molar-refractivity contribution is 6.09. The minimum absolute atomic E-state index is 0.0203. The third-order valence-corrected chi connectivity index (χ3v) is 4.00. The highest BCUT2D eigenvalue weighted by atomic mass is 16.2. The summed E-state index contributed by atoms with van der Waals surface area (Å²) in [5.41, 5.74) is 1.47. The Morgan fingerprint density at radius 3 is 2.52 bits per heavy atom. The van der Waals surface area contributed by atoms with Crippen molar-refractivity contribution in [1.29, 1.82) is 0 Å². The van der Waals surface area contributed by atoms with Gasteiger partial charge in [0, 0.05) is 18.2 Å². The number of amides is 2. The van der Waals surface area contributed by atoms with Gasteiger partial charge in [0.1, 0.15) is 0 Å². The van der Waals surface area contributed by atoms with Gasteiger partial charge in [-0.1, -0.05) is 45.9 Å². The largest absolute Gasteiger partial charge is 0.312 e. The van der Waals surface area contributed by atoms with Gasteiger partial charge in [0.15, 0.2) is 0 Å². The van der Waals surface area contributed by atoms with Crippen LogP contribution < -0.4 is 5.32 Å². The van der Waals surface area contributed by atoms with Gasteiger partial charge in [-0.2, -0.15) is 0 Å². The van der Waals surface area contributed by atoms with Crippen molar-refractivity contribution in [2.24, 2.45) is 5.41 Å². The number of benzene rings is 1. The maximum Gasteiger partial charge on any atom is 0.260 e. The number of imide groups is 1. The zero-order valence-corrected chi connectivity index (χ0v) is 13.3. The molecule has 1 atom stereocenters. The topological polar surface area (TPSA) is 49.4 Å². The average Bonchev–Trinajstić information content (AvgIpc) is 2.41. The van der Waals surface area contributed by atoms with Crippen LogP contribution in [-0.4, -0.2) is 35.8 Å². The summed E-state index contributed by atoms with van der Waals surface area (Å²) in [7, 11) is 0. The molecule has 1 aliphatic rings. The number of hydrogen-bond donors (Lipinski definition) is 1. The lowest BCUT2D eigenvalue weighted by Gasteiger charge is -2.36. The first kappa shape index (κ1) is 15.7. The number of fused-ring (bicyclic) bond motifs is 1. The quantitative estimate of drug-likeness (QED) is 0.864. The Labute approximate surface area is 126 Å². The fraction of sp³-hybridized carbons (Fsp3) is 0.529. The second-order valence-corrected chi connectivity index (χ2v) is 6.62. The fourth-order valence-corrected chi connectivity index (χ4v) is 2.66. The van der Waals surface area contributed by atoms with Crippen LogP contribution >= 0.6 is 0 Å². The molecule has 1 heterocycles. The number of carbonyl (C=O) groups is 2. The van der Waals surface area contributed by atoms with E-state index in [2.05, 4.69) is 26.1 Å². The molecule has 4 heteroatoms. The van der Waals surface area contributed by atoms with Crippen LogP contribution in [0, 0.1) is 5.41 Å². The van der Waals surface area contributed by atoms with E-state index in [1.807, 2.05) is 25.1 Å². The van der Waals surface area contributed by atoms with Crippen LogP contribution in [0.4, 0.5) is 0 Å². The Balaban J connectivity index is 2.24. The first-order valence-corrected chi connectivity index (χ1v) is 7.50. The lowest BCUT2D eigenvalue weighted by Crippen LogP contribution is -2.53. The van der Waals surface area contributed by atoms with Crippen LogP contribution in [0.1, 0.15) is 43.6 Å². The molecular weight excluding hydrogens is 264 g/mol. The van der Waals surface area contributed by atoms with Gasteiger partial charge in [-0.15, -0.1) is 0 Å². The predicted molar refractivity (Wildman–Crippen MR) is 83.1 cm³/mol. The minimum Gasteiger partial charge on any atom is -0.312 e. The van der Waals surface area contributed by atoms with Crippen molar-refractivity contribution in [3.8, 4) is 0 Å². The molecule has 1 N–H and O–H groups in total. The Morgan fingerprint density at radius 1 is 1.24 bits per heavy atom. The highest BCUT2D eigenvalue weighted by Gasteiger charge is 2.35. The van der Waals surface area contributed by atoms with E-state index in [1.165, 1.54) is 4.90 Å². The summed E-state index contributed by atoms with van der Waals surface area (Å²) in [5.74, 6) is -0.278. The van der Waals surface area contributed by atoms with Crippen molar-refractivity contribution in [2.45, 2.75) is 40.2 Å². The number of rotatable bonds is 4. The molecule has 4 nitrogen and oxygen atoms in total. The second kappa shape index (κ2) is 5.98. The molecule has 1 aromatic rings. The van der Waals surface area contributed by atoms with Crippen molar-refractivity contribution in [1.82, 2.24) is 10.2 Å². The molecule has 0 saturated heterocycles. The third kappa shape index (κ3) is 3.32. The summed E-state index contributed by atoms with van der Waals surface area (Å²) in [5, 5.41) is 3.39. The van der Waals surface area contributed by atoms with Crippen molar-refractivity contribution >= 4 is 11.8 Å². The molecule has 21 heavy (non-hydrogen) atoms. The van der Waals surface area contributed by atoms with Crippen LogP contribution in [-0.2, 0) is 11.2 Å². The number of hydrogen-bond acceptors (Lipinski definition) is 3. The first-order chi connectivity index (χ1) is 9.84. The van der Waals surface area contributed by atoms with Gasteiger partial charge >= 0.3 is 0 Å².